The molecule has 0 radical (unpaired) electrons. The first-order valence-corrected chi connectivity index (χ1v) is 14.8. The molecule has 1 spiro atoms. The maximum Gasteiger partial charge on any atom is 0.312 e. The Bertz CT molecular complexity index is 1230. The average molecular weight is 582 g/mol. The molecule has 6 atom stereocenters. The molecule has 228 valence electrons. The van der Waals surface area contributed by atoms with Gasteiger partial charge in [0.15, 0.2) is 0 Å². The van der Waals surface area contributed by atoms with Gasteiger partial charge in [-0.1, -0.05) is 24.3 Å². The van der Waals surface area contributed by atoms with Crippen molar-refractivity contribution in [3.63, 3.8) is 0 Å². The van der Waals surface area contributed by atoms with Crippen LogP contribution in [0.3, 0.4) is 0 Å². The number of aliphatic hydroxyl groups is 1. The van der Waals surface area contributed by atoms with Crippen molar-refractivity contribution in [3.05, 3.63) is 54.6 Å². The van der Waals surface area contributed by atoms with Crippen LogP contribution >= 0.6 is 0 Å². The Morgan fingerprint density at radius 2 is 2.05 bits per heavy atom. The molecule has 4 rings (SSSR count). The minimum atomic E-state index is -1.18. The van der Waals surface area contributed by atoms with Gasteiger partial charge in [0, 0.05) is 31.8 Å². The summed E-state index contributed by atoms with van der Waals surface area (Å²) in [7, 11) is 0. The zero-order valence-electron chi connectivity index (χ0n) is 24.8. The van der Waals surface area contributed by atoms with E-state index in [-0.39, 0.29) is 50.4 Å². The second-order valence-electron chi connectivity index (χ2n) is 11.6. The molecule has 0 aromatic heterocycles. The van der Waals surface area contributed by atoms with Gasteiger partial charge in [-0.05, 0) is 63.6 Å². The third-order valence-electron chi connectivity index (χ3n) is 8.58. The smallest absolute Gasteiger partial charge is 0.312 e. The number of benzene rings is 1. The Morgan fingerprint density at radius 3 is 2.74 bits per heavy atom. The molecule has 2 bridgehead atoms. The molecule has 10 nitrogen and oxygen atoms in total. The van der Waals surface area contributed by atoms with Crippen LogP contribution in [-0.4, -0.2) is 83.8 Å². The highest BCUT2D eigenvalue weighted by Crippen LogP contribution is 2.59. The van der Waals surface area contributed by atoms with E-state index in [9.17, 15) is 24.3 Å². The summed E-state index contributed by atoms with van der Waals surface area (Å²) in [5, 5.41) is 12.3. The Hall–Kier alpha value is -3.50. The summed E-state index contributed by atoms with van der Waals surface area (Å²) in [6.07, 6.45) is 4.23. The number of hydrogen-bond acceptors (Lipinski definition) is 7. The number of anilines is 1. The Labute approximate surface area is 247 Å². The second kappa shape index (κ2) is 13.2. The van der Waals surface area contributed by atoms with Gasteiger partial charge in [-0.25, -0.2) is 0 Å². The second-order valence-corrected chi connectivity index (χ2v) is 11.6. The van der Waals surface area contributed by atoms with Crippen LogP contribution in [-0.2, 0) is 28.7 Å². The third-order valence-corrected chi connectivity index (χ3v) is 8.58. The lowest BCUT2D eigenvalue weighted by molar-refractivity contribution is -0.159. The van der Waals surface area contributed by atoms with Gasteiger partial charge < -0.3 is 29.7 Å². The summed E-state index contributed by atoms with van der Waals surface area (Å²) >= 11 is 0. The number of aryl methyl sites for hydroxylation is 2. The summed E-state index contributed by atoms with van der Waals surface area (Å²) in [6, 6.07) is 4.89. The fourth-order valence-corrected chi connectivity index (χ4v) is 6.67. The highest BCUT2D eigenvalue weighted by Gasteiger charge is 2.75. The first-order valence-electron chi connectivity index (χ1n) is 14.8. The molecule has 42 heavy (non-hydrogen) atoms. The molecule has 3 heterocycles. The van der Waals surface area contributed by atoms with Crippen molar-refractivity contribution >= 4 is 29.4 Å². The Balaban J connectivity index is 1.61. The number of likely N-dealkylation sites (tertiary alicyclic amines) is 1. The predicted octanol–water partition coefficient (Wildman–Crippen LogP) is 2.59. The minimum Gasteiger partial charge on any atom is -0.460 e. The number of ether oxygens (including phenoxy) is 2. The SMILES string of the molecule is C=CCCC(=O)NC[C@H](C)OC(=O)[C@@H]1[C@@H]2CC[C@]3(O2)[C@H](C(=O)N(CC=C)c2cc(C)ccc2C)N(CCCO)C(=O)[C@@H]13. The van der Waals surface area contributed by atoms with Crippen LogP contribution in [0.15, 0.2) is 43.5 Å². The number of esters is 1. The number of fused-ring (bicyclic) bond motifs is 1. The van der Waals surface area contributed by atoms with Gasteiger partial charge in [0.05, 0.1) is 24.5 Å². The van der Waals surface area contributed by atoms with Crippen molar-refractivity contribution in [1.29, 1.82) is 0 Å². The van der Waals surface area contributed by atoms with Crippen LogP contribution in [0.5, 0.6) is 0 Å². The largest absolute Gasteiger partial charge is 0.460 e. The molecule has 2 N–H and O–H groups in total. The number of carbonyl (C=O) groups excluding carboxylic acids is 4. The van der Waals surface area contributed by atoms with Crippen LogP contribution < -0.4 is 10.2 Å². The fraction of sp³-hybridized carbons (Fsp3) is 0.562. The summed E-state index contributed by atoms with van der Waals surface area (Å²) < 4.78 is 12.2. The monoisotopic (exact) mass is 581 g/mol. The normalized spacial score (nSPS) is 26.5. The minimum absolute atomic E-state index is 0.139. The molecule has 3 aliphatic heterocycles. The van der Waals surface area contributed by atoms with E-state index < -0.39 is 41.7 Å². The molecule has 1 aromatic rings. The maximum absolute atomic E-state index is 14.5. The predicted molar refractivity (Wildman–Crippen MR) is 157 cm³/mol. The van der Waals surface area contributed by atoms with E-state index in [2.05, 4.69) is 18.5 Å². The van der Waals surface area contributed by atoms with Crippen molar-refractivity contribution in [1.82, 2.24) is 10.2 Å². The van der Waals surface area contributed by atoms with Crippen molar-refractivity contribution in [2.75, 3.05) is 31.1 Å². The molecule has 0 aliphatic carbocycles. The summed E-state index contributed by atoms with van der Waals surface area (Å²) in [4.78, 5) is 57.2. The van der Waals surface area contributed by atoms with Gasteiger partial charge in [-0.2, -0.15) is 0 Å². The van der Waals surface area contributed by atoms with Crippen LogP contribution in [0.1, 0.15) is 50.2 Å². The highest BCUT2D eigenvalue weighted by atomic mass is 16.6. The van der Waals surface area contributed by atoms with E-state index in [1.54, 1.807) is 24.0 Å². The van der Waals surface area contributed by atoms with Crippen molar-refractivity contribution < 1.29 is 33.8 Å². The molecule has 1 aromatic carbocycles. The molecule has 3 amide bonds. The first kappa shape index (κ1) is 31.4. The lowest BCUT2D eigenvalue weighted by Crippen LogP contribution is -2.56. The summed E-state index contributed by atoms with van der Waals surface area (Å²) in [5.74, 6) is -3.12. The van der Waals surface area contributed by atoms with Crippen LogP contribution in [0.25, 0.3) is 0 Å². The van der Waals surface area contributed by atoms with Crippen LogP contribution in [0, 0.1) is 25.7 Å². The number of rotatable bonds is 14. The molecule has 3 aliphatic rings. The van der Waals surface area contributed by atoms with Gasteiger partial charge >= 0.3 is 5.97 Å². The Morgan fingerprint density at radius 1 is 1.29 bits per heavy atom. The van der Waals surface area contributed by atoms with Gasteiger partial charge in [0.2, 0.25) is 11.8 Å². The van der Waals surface area contributed by atoms with Crippen molar-refractivity contribution in [2.45, 2.75) is 76.7 Å². The van der Waals surface area contributed by atoms with E-state index in [0.717, 1.165) is 16.8 Å². The fourth-order valence-electron chi connectivity index (χ4n) is 6.67. The number of nitrogens with one attached hydrogen (secondary N) is 1. The molecule has 3 fully saturated rings. The third kappa shape index (κ3) is 5.87. The quantitative estimate of drug-likeness (QED) is 0.256. The molecular weight excluding hydrogens is 538 g/mol. The lowest BCUT2D eigenvalue weighted by atomic mass is 9.70. The number of amides is 3. The van der Waals surface area contributed by atoms with Crippen molar-refractivity contribution in [2.24, 2.45) is 11.8 Å². The summed E-state index contributed by atoms with van der Waals surface area (Å²) in [6.45, 7) is 13.4. The number of nitrogens with zero attached hydrogens (tertiary/aromatic N) is 2. The maximum atomic E-state index is 14.5. The van der Waals surface area contributed by atoms with Gasteiger partial charge in [-0.3, -0.25) is 19.2 Å². The van der Waals surface area contributed by atoms with Crippen molar-refractivity contribution in [3.8, 4) is 0 Å². The van der Waals surface area contributed by atoms with E-state index in [0.29, 0.717) is 25.7 Å². The zero-order valence-corrected chi connectivity index (χ0v) is 24.8. The van der Waals surface area contributed by atoms with E-state index in [1.807, 2.05) is 32.0 Å². The number of aliphatic hydroxyl groups excluding tert-OH is 1. The van der Waals surface area contributed by atoms with Crippen LogP contribution in [0.4, 0.5) is 5.69 Å². The standard InChI is InChI=1S/C32H43N3O7/c1-6-8-10-25(37)33-19-22(5)41-31(40)26-24-13-14-32(42-24)27(26)29(38)35(16-9-17-36)28(32)30(39)34(15-7-2)23-18-20(3)11-12-21(23)4/h6-7,11-12,18,22,24,26-28,36H,1-2,8-10,13-17,19H2,3-5H3,(H,33,37)/t22-,24-,26+,27+,28-,32+/m0/s1. The van der Waals surface area contributed by atoms with E-state index in [4.69, 9.17) is 9.47 Å². The molecule has 10 heteroatoms. The molecule has 0 saturated carbocycles. The zero-order chi connectivity index (χ0) is 30.6. The average Bonchev–Trinajstić information content (AvgIpc) is 3.60. The van der Waals surface area contributed by atoms with Gasteiger partial charge in [-0.15, -0.1) is 13.2 Å². The molecular formula is C32H43N3O7. The number of allylic oxidation sites excluding steroid dienone is 1. The summed E-state index contributed by atoms with van der Waals surface area (Å²) in [5.41, 5.74) is 1.43. The topological polar surface area (TPSA) is 125 Å². The van der Waals surface area contributed by atoms with E-state index in [1.165, 1.54) is 4.90 Å². The van der Waals surface area contributed by atoms with Gasteiger partial charge in [0.1, 0.15) is 17.7 Å². The van der Waals surface area contributed by atoms with E-state index >= 15 is 0 Å². The highest BCUT2D eigenvalue weighted by molar-refractivity contribution is 6.05. The van der Waals surface area contributed by atoms with Crippen LogP contribution in [0.2, 0.25) is 0 Å². The van der Waals surface area contributed by atoms with Gasteiger partial charge in [0.25, 0.3) is 5.91 Å². The number of hydrogen-bond donors (Lipinski definition) is 2. The number of carbonyl (C=O) groups is 4. The Kier molecular flexibility index (Phi) is 9.89. The molecule has 3 saturated heterocycles. The molecule has 0 unspecified atom stereocenters. The first-order chi connectivity index (χ1) is 20.1. The lowest BCUT2D eigenvalue weighted by Gasteiger charge is -2.37.